The fourth-order valence-corrected chi connectivity index (χ4v) is 8.31. The summed E-state index contributed by atoms with van der Waals surface area (Å²) in [6, 6.07) is 41.3. The molecule has 0 saturated carbocycles. The van der Waals surface area contributed by atoms with E-state index < -0.39 is 0 Å². The fourth-order valence-electron chi connectivity index (χ4n) is 8.14. The van der Waals surface area contributed by atoms with Crippen molar-refractivity contribution in [2.24, 2.45) is 0 Å². The van der Waals surface area contributed by atoms with E-state index in [9.17, 15) is 0 Å². The molecule has 7 rings (SSSR count). The van der Waals surface area contributed by atoms with Crippen molar-refractivity contribution < 1.29 is 4.58 Å². The number of benzene rings is 5. The van der Waals surface area contributed by atoms with Crippen molar-refractivity contribution in [1.29, 1.82) is 0 Å². The van der Waals surface area contributed by atoms with Gasteiger partial charge >= 0.3 is 0 Å². The van der Waals surface area contributed by atoms with Crippen molar-refractivity contribution in [2.75, 3.05) is 19.0 Å². The molecule has 1 unspecified atom stereocenters. The minimum absolute atomic E-state index is 0.203. The Morgan fingerprint density at radius 3 is 2.15 bits per heavy atom. The third kappa shape index (κ3) is 4.93. The fraction of sp³-hybridized carbons (Fsp3) is 0.186. The summed E-state index contributed by atoms with van der Waals surface area (Å²) in [5.74, 6) is 0. The van der Waals surface area contributed by atoms with Crippen LogP contribution in [-0.4, -0.2) is 24.4 Å². The maximum atomic E-state index is 6.74. The van der Waals surface area contributed by atoms with Crippen LogP contribution in [0.1, 0.15) is 35.6 Å². The summed E-state index contributed by atoms with van der Waals surface area (Å²) in [6.45, 7) is 6.54. The van der Waals surface area contributed by atoms with E-state index in [1.54, 1.807) is 0 Å². The first kappa shape index (κ1) is 30.0. The van der Waals surface area contributed by atoms with Gasteiger partial charge in [-0.05, 0) is 84.0 Å². The quantitative estimate of drug-likeness (QED) is 0.124. The summed E-state index contributed by atoms with van der Waals surface area (Å²) < 4.78 is 2.37. The van der Waals surface area contributed by atoms with Gasteiger partial charge in [0.1, 0.15) is 7.05 Å². The highest BCUT2D eigenvalue weighted by Crippen LogP contribution is 2.52. The second-order valence-corrected chi connectivity index (χ2v) is 13.4. The molecule has 0 radical (unpaired) electrons. The number of halogens is 1. The van der Waals surface area contributed by atoms with Gasteiger partial charge in [-0.25, -0.2) is 0 Å². The number of likely N-dealkylation sites (N-methyl/N-ethyl adjacent to an activating group) is 1. The van der Waals surface area contributed by atoms with Gasteiger partial charge in [0.2, 0.25) is 5.69 Å². The van der Waals surface area contributed by atoms with E-state index in [2.05, 4.69) is 171 Å². The van der Waals surface area contributed by atoms with Crippen LogP contribution in [0.5, 0.6) is 0 Å². The van der Waals surface area contributed by atoms with Gasteiger partial charge in [0.25, 0.3) is 0 Å². The lowest BCUT2D eigenvalue weighted by Gasteiger charge is -2.33. The average molecular weight is 620 g/mol. The maximum Gasteiger partial charge on any atom is 0.210 e. The largest absolute Gasteiger partial charge is 0.347 e. The van der Waals surface area contributed by atoms with Crippen LogP contribution in [0.25, 0.3) is 10.8 Å². The monoisotopic (exact) mass is 619 g/mol. The SMILES string of the molecule is C=CCC1(C)C(/C=C/C=C2/N(C)c3ccc(Cl)cc3C2(Cc2ccccc2)Cc2ccccc2)=[N+](C)c2ccc3ccccc3c21. The van der Waals surface area contributed by atoms with Gasteiger partial charge in [0.15, 0.2) is 5.71 Å². The first-order valence-electron chi connectivity index (χ1n) is 16.1. The Hall–Kier alpha value is -4.66. The Morgan fingerprint density at radius 2 is 1.48 bits per heavy atom. The lowest BCUT2D eigenvalue weighted by atomic mass is 9.70. The lowest BCUT2D eigenvalue weighted by molar-refractivity contribution is -0.401. The van der Waals surface area contributed by atoms with Gasteiger partial charge in [0, 0.05) is 46.6 Å². The van der Waals surface area contributed by atoms with Crippen molar-refractivity contribution in [3.8, 4) is 0 Å². The highest BCUT2D eigenvalue weighted by atomic mass is 35.5. The predicted molar refractivity (Wildman–Crippen MR) is 196 cm³/mol. The Labute approximate surface area is 278 Å². The third-order valence-electron chi connectivity index (χ3n) is 10.2. The van der Waals surface area contributed by atoms with Crippen molar-refractivity contribution >= 4 is 39.5 Å². The Bertz CT molecular complexity index is 1990. The molecule has 5 aromatic rings. The zero-order chi connectivity index (χ0) is 31.9. The summed E-state index contributed by atoms with van der Waals surface area (Å²) in [5.41, 5.74) is 9.76. The van der Waals surface area contributed by atoms with Crippen LogP contribution in [0.15, 0.2) is 152 Å². The summed E-state index contributed by atoms with van der Waals surface area (Å²) in [6.07, 6.45) is 11.6. The van der Waals surface area contributed by atoms with E-state index >= 15 is 0 Å². The Balaban J connectivity index is 1.38. The first-order chi connectivity index (χ1) is 22.4. The second kappa shape index (κ2) is 11.9. The number of hydrogen-bond acceptors (Lipinski definition) is 1. The summed E-state index contributed by atoms with van der Waals surface area (Å²) in [7, 11) is 4.40. The van der Waals surface area contributed by atoms with Crippen molar-refractivity contribution in [3.63, 3.8) is 0 Å². The van der Waals surface area contributed by atoms with Crippen molar-refractivity contribution in [1.82, 2.24) is 0 Å². The van der Waals surface area contributed by atoms with Crippen LogP contribution >= 0.6 is 11.6 Å². The summed E-state index contributed by atoms with van der Waals surface area (Å²) >= 11 is 6.74. The Kier molecular flexibility index (Phi) is 7.79. The maximum absolute atomic E-state index is 6.74. The van der Waals surface area contributed by atoms with Crippen molar-refractivity contribution in [3.05, 3.63) is 179 Å². The predicted octanol–water partition coefficient (Wildman–Crippen LogP) is 10.4. The van der Waals surface area contributed by atoms with E-state index in [1.165, 1.54) is 55.8 Å². The highest BCUT2D eigenvalue weighted by Gasteiger charge is 2.48. The van der Waals surface area contributed by atoms with Crippen LogP contribution in [0.2, 0.25) is 5.02 Å². The normalized spacial score (nSPS) is 19.3. The average Bonchev–Trinajstić information content (AvgIpc) is 3.41. The van der Waals surface area contributed by atoms with Gasteiger partial charge < -0.3 is 4.90 Å². The van der Waals surface area contributed by atoms with Gasteiger partial charge in [-0.2, -0.15) is 4.58 Å². The molecule has 0 aliphatic carbocycles. The van der Waals surface area contributed by atoms with Crippen LogP contribution in [0.4, 0.5) is 11.4 Å². The molecular formula is C43H40ClN2+. The smallest absolute Gasteiger partial charge is 0.210 e. The van der Waals surface area contributed by atoms with E-state index in [-0.39, 0.29) is 10.8 Å². The molecule has 0 saturated heterocycles. The number of hydrogen-bond donors (Lipinski definition) is 0. The lowest BCUT2D eigenvalue weighted by Crippen LogP contribution is -2.34. The van der Waals surface area contributed by atoms with Crippen LogP contribution in [0.3, 0.4) is 0 Å². The van der Waals surface area contributed by atoms with E-state index in [0.717, 1.165) is 24.3 Å². The molecule has 0 spiro atoms. The second-order valence-electron chi connectivity index (χ2n) is 13.0. The molecule has 0 aromatic heterocycles. The van der Waals surface area contributed by atoms with Gasteiger partial charge in [-0.3, -0.25) is 0 Å². The number of fused-ring (bicyclic) bond motifs is 4. The number of anilines is 1. The summed E-state index contributed by atoms with van der Waals surface area (Å²) in [4.78, 5) is 2.37. The first-order valence-corrected chi connectivity index (χ1v) is 16.5. The molecule has 2 aliphatic heterocycles. The molecule has 0 N–H and O–H groups in total. The number of allylic oxidation sites excluding steroid dienone is 5. The molecule has 2 nitrogen and oxygen atoms in total. The molecule has 0 fully saturated rings. The Morgan fingerprint density at radius 1 is 0.826 bits per heavy atom. The molecule has 2 heterocycles. The molecule has 228 valence electrons. The van der Waals surface area contributed by atoms with E-state index in [0.29, 0.717) is 0 Å². The standard InChI is InChI=1S/C43H40ClN2/c1-5-27-42(2)39(46(4)38-25-23-33-19-12-13-20-35(33)41(38)42)21-14-22-40-43(29-31-15-8-6-9-16-31,30-32-17-10-7-11-18-32)36-28-34(44)24-26-37(36)45(40)3/h5-26,28H,1,27,29-30H2,2-4H3/q+1. The topological polar surface area (TPSA) is 6.25 Å². The van der Waals surface area contributed by atoms with Gasteiger partial charge in [0.05, 0.1) is 5.41 Å². The van der Waals surface area contributed by atoms with Gasteiger partial charge in [-0.15, -0.1) is 6.58 Å². The van der Waals surface area contributed by atoms with Crippen LogP contribution < -0.4 is 4.90 Å². The molecule has 0 bridgehead atoms. The molecular weight excluding hydrogens is 580 g/mol. The zero-order valence-electron chi connectivity index (χ0n) is 26.9. The zero-order valence-corrected chi connectivity index (χ0v) is 27.6. The number of nitrogens with zero attached hydrogens (tertiary/aromatic N) is 2. The number of rotatable bonds is 8. The summed E-state index contributed by atoms with van der Waals surface area (Å²) in [5, 5.41) is 3.35. The molecule has 5 aromatic carbocycles. The van der Waals surface area contributed by atoms with E-state index in [4.69, 9.17) is 11.6 Å². The minimum atomic E-state index is -0.308. The molecule has 2 aliphatic rings. The van der Waals surface area contributed by atoms with Crippen LogP contribution in [0, 0.1) is 0 Å². The van der Waals surface area contributed by atoms with E-state index in [1.807, 2.05) is 6.07 Å². The van der Waals surface area contributed by atoms with Crippen molar-refractivity contribution in [2.45, 2.75) is 37.0 Å². The third-order valence-corrected chi connectivity index (χ3v) is 10.4. The van der Waals surface area contributed by atoms with Crippen LogP contribution in [-0.2, 0) is 23.7 Å². The molecule has 46 heavy (non-hydrogen) atoms. The molecule has 3 heteroatoms. The van der Waals surface area contributed by atoms with Gasteiger partial charge in [-0.1, -0.05) is 109 Å². The molecule has 1 atom stereocenters. The molecule has 0 amide bonds. The highest BCUT2D eigenvalue weighted by molar-refractivity contribution is 6.30. The minimum Gasteiger partial charge on any atom is -0.347 e.